The highest BCUT2D eigenvalue weighted by molar-refractivity contribution is 6.19. The van der Waals surface area contributed by atoms with Crippen LogP contribution in [0.3, 0.4) is 0 Å². The molecule has 0 spiro atoms. The summed E-state index contributed by atoms with van der Waals surface area (Å²) in [5, 5.41) is 8.88. The molecule has 0 bridgehead atoms. The Bertz CT molecular complexity index is 3500. The first-order valence-electron chi connectivity index (χ1n) is 18.4. The number of fused-ring (bicyclic) bond motifs is 11. The molecule has 256 valence electrons. The molecule has 4 aromatic heterocycles. The molecule has 0 saturated heterocycles. The minimum atomic E-state index is 0.535. The Labute approximate surface area is 313 Å². The van der Waals surface area contributed by atoms with Crippen LogP contribution in [0.25, 0.3) is 116 Å². The van der Waals surface area contributed by atoms with Crippen LogP contribution in [-0.2, 0) is 0 Å². The van der Waals surface area contributed by atoms with Gasteiger partial charge in [0.1, 0.15) is 22.3 Å². The molecular weight excluding hydrogens is 677 g/mol. The van der Waals surface area contributed by atoms with Crippen LogP contribution in [0.4, 0.5) is 0 Å². The van der Waals surface area contributed by atoms with Crippen LogP contribution < -0.4 is 0 Å². The maximum Gasteiger partial charge on any atom is 0.167 e. The molecule has 0 radical (unpaired) electrons. The van der Waals surface area contributed by atoms with E-state index in [4.69, 9.17) is 23.8 Å². The van der Waals surface area contributed by atoms with Crippen LogP contribution in [0.1, 0.15) is 0 Å². The van der Waals surface area contributed by atoms with Crippen molar-refractivity contribution in [1.82, 2.24) is 19.5 Å². The molecular formula is C49H28N4O2. The molecule has 4 heterocycles. The van der Waals surface area contributed by atoms with Crippen molar-refractivity contribution in [3.63, 3.8) is 0 Å². The third-order valence-electron chi connectivity index (χ3n) is 10.8. The van der Waals surface area contributed by atoms with E-state index in [0.29, 0.717) is 17.5 Å². The van der Waals surface area contributed by atoms with Crippen LogP contribution in [-0.4, -0.2) is 19.5 Å². The van der Waals surface area contributed by atoms with Gasteiger partial charge in [-0.1, -0.05) is 127 Å². The fourth-order valence-electron chi connectivity index (χ4n) is 8.39. The van der Waals surface area contributed by atoms with Gasteiger partial charge in [0.05, 0.1) is 16.6 Å². The maximum absolute atomic E-state index is 6.74. The van der Waals surface area contributed by atoms with E-state index < -0.39 is 0 Å². The highest BCUT2D eigenvalue weighted by Gasteiger charge is 2.21. The molecule has 0 fully saturated rings. The van der Waals surface area contributed by atoms with Gasteiger partial charge < -0.3 is 13.4 Å². The Kier molecular flexibility index (Phi) is 6.24. The van der Waals surface area contributed by atoms with Crippen LogP contribution in [0, 0.1) is 0 Å². The largest absolute Gasteiger partial charge is 0.456 e. The molecule has 0 aliphatic heterocycles. The number of benzene rings is 8. The highest BCUT2D eigenvalue weighted by Crippen LogP contribution is 2.41. The van der Waals surface area contributed by atoms with Gasteiger partial charge >= 0.3 is 0 Å². The van der Waals surface area contributed by atoms with E-state index in [9.17, 15) is 0 Å². The monoisotopic (exact) mass is 704 g/mol. The Morgan fingerprint density at radius 2 is 1.07 bits per heavy atom. The van der Waals surface area contributed by atoms with E-state index in [2.05, 4.69) is 108 Å². The Morgan fingerprint density at radius 1 is 0.400 bits per heavy atom. The summed E-state index contributed by atoms with van der Waals surface area (Å²) in [5.74, 6) is 1.68. The Hall–Kier alpha value is -7.57. The van der Waals surface area contributed by atoms with Gasteiger partial charge in [-0.2, -0.15) is 0 Å². The summed E-state index contributed by atoms with van der Waals surface area (Å²) in [6, 6.07) is 58.6. The van der Waals surface area contributed by atoms with E-state index in [1.165, 1.54) is 27.1 Å². The van der Waals surface area contributed by atoms with Gasteiger partial charge in [-0.15, -0.1) is 0 Å². The molecule has 0 N–H and O–H groups in total. The van der Waals surface area contributed by atoms with Crippen molar-refractivity contribution in [2.24, 2.45) is 0 Å². The van der Waals surface area contributed by atoms with E-state index in [1.807, 2.05) is 66.7 Å². The quantitative estimate of drug-likeness (QED) is 0.182. The summed E-state index contributed by atoms with van der Waals surface area (Å²) in [4.78, 5) is 15.4. The second-order valence-corrected chi connectivity index (χ2v) is 13.9. The molecule has 0 amide bonds. The summed E-state index contributed by atoms with van der Waals surface area (Å²) in [6.45, 7) is 0. The number of hydrogen-bond acceptors (Lipinski definition) is 5. The summed E-state index contributed by atoms with van der Waals surface area (Å²) >= 11 is 0. The SMILES string of the molecule is c1ccc(-c2nc(-c3cccc4c3oc3ccc(-n5c6ccccc6c6ccc7ccccc7c65)cc34)nc(-c3cccc4oc5ccccc5c34)n2)cc1. The van der Waals surface area contributed by atoms with Gasteiger partial charge in [0.2, 0.25) is 0 Å². The van der Waals surface area contributed by atoms with Gasteiger partial charge in [0.25, 0.3) is 0 Å². The van der Waals surface area contributed by atoms with E-state index in [1.54, 1.807) is 0 Å². The lowest BCUT2D eigenvalue weighted by Gasteiger charge is -2.10. The summed E-state index contributed by atoms with van der Waals surface area (Å²) in [7, 11) is 0. The Morgan fingerprint density at radius 3 is 1.98 bits per heavy atom. The molecule has 0 aliphatic carbocycles. The lowest BCUT2D eigenvalue weighted by Crippen LogP contribution is -2.00. The van der Waals surface area contributed by atoms with Crippen molar-refractivity contribution >= 4 is 76.5 Å². The van der Waals surface area contributed by atoms with Gasteiger partial charge in [-0.3, -0.25) is 0 Å². The number of rotatable bonds is 4. The van der Waals surface area contributed by atoms with E-state index >= 15 is 0 Å². The maximum atomic E-state index is 6.74. The van der Waals surface area contributed by atoms with Crippen molar-refractivity contribution in [3.05, 3.63) is 170 Å². The van der Waals surface area contributed by atoms with Crippen LogP contribution >= 0.6 is 0 Å². The third kappa shape index (κ3) is 4.46. The van der Waals surface area contributed by atoms with Crippen molar-refractivity contribution in [2.45, 2.75) is 0 Å². The van der Waals surface area contributed by atoms with Gasteiger partial charge in [-0.05, 0) is 47.9 Å². The van der Waals surface area contributed by atoms with Crippen LogP contribution in [0.5, 0.6) is 0 Å². The zero-order valence-corrected chi connectivity index (χ0v) is 29.3. The molecule has 12 rings (SSSR count). The molecule has 0 atom stereocenters. The normalized spacial score (nSPS) is 12.0. The average Bonchev–Trinajstić information content (AvgIpc) is 3.93. The molecule has 0 aliphatic rings. The van der Waals surface area contributed by atoms with Crippen LogP contribution in [0.2, 0.25) is 0 Å². The number of aromatic nitrogens is 4. The molecule has 12 aromatic rings. The molecule has 0 saturated carbocycles. The molecule has 6 heteroatoms. The predicted octanol–water partition coefficient (Wildman–Crippen LogP) is 12.9. The first-order valence-corrected chi connectivity index (χ1v) is 18.4. The van der Waals surface area contributed by atoms with Crippen LogP contribution in [0.15, 0.2) is 179 Å². The van der Waals surface area contributed by atoms with Crippen molar-refractivity contribution in [2.75, 3.05) is 0 Å². The topological polar surface area (TPSA) is 69.9 Å². The lowest BCUT2D eigenvalue weighted by molar-refractivity contribution is 0.668. The number of para-hydroxylation sites is 3. The summed E-state index contributed by atoms with van der Waals surface area (Å²) in [5.41, 5.74) is 9.12. The summed E-state index contributed by atoms with van der Waals surface area (Å²) in [6.07, 6.45) is 0. The first-order chi connectivity index (χ1) is 27.3. The second kappa shape index (κ2) is 11.5. The standard InChI is InChI=1S/C49H28N4O2/c1-2-13-30(14-3-1)47-50-48(37-19-11-23-43-44(37)36-17-7-9-22-41(36)54-43)52-49(51-47)38-20-10-18-35-39-28-31(25-27-42(39)55-46(35)38)53-40-21-8-6-16-33(40)34-26-24-29-12-4-5-15-32(29)45(34)53/h1-28H. The third-order valence-corrected chi connectivity index (χ3v) is 10.8. The van der Waals surface area contributed by atoms with Crippen molar-refractivity contribution < 1.29 is 8.83 Å². The zero-order chi connectivity index (χ0) is 36.0. The zero-order valence-electron chi connectivity index (χ0n) is 29.3. The van der Waals surface area contributed by atoms with Gasteiger partial charge in [0.15, 0.2) is 17.5 Å². The first kappa shape index (κ1) is 29.9. The predicted molar refractivity (Wildman–Crippen MR) is 223 cm³/mol. The molecule has 55 heavy (non-hydrogen) atoms. The number of hydrogen-bond donors (Lipinski definition) is 0. The smallest absolute Gasteiger partial charge is 0.167 e. The van der Waals surface area contributed by atoms with Gasteiger partial charge in [-0.25, -0.2) is 15.0 Å². The van der Waals surface area contributed by atoms with E-state index in [0.717, 1.165) is 71.8 Å². The average molecular weight is 705 g/mol. The van der Waals surface area contributed by atoms with Crippen molar-refractivity contribution in [3.8, 4) is 39.9 Å². The molecule has 6 nitrogen and oxygen atoms in total. The second-order valence-electron chi connectivity index (χ2n) is 13.9. The minimum absolute atomic E-state index is 0.535. The molecule has 8 aromatic carbocycles. The lowest BCUT2D eigenvalue weighted by atomic mass is 10.0. The fourth-order valence-corrected chi connectivity index (χ4v) is 8.39. The fraction of sp³-hybridized carbons (Fsp3) is 0. The number of nitrogens with zero attached hydrogens (tertiary/aromatic N) is 4. The van der Waals surface area contributed by atoms with Crippen molar-refractivity contribution in [1.29, 1.82) is 0 Å². The molecule has 0 unspecified atom stereocenters. The minimum Gasteiger partial charge on any atom is -0.456 e. The highest BCUT2D eigenvalue weighted by atomic mass is 16.3. The van der Waals surface area contributed by atoms with Gasteiger partial charge in [0, 0.05) is 54.5 Å². The Balaban J connectivity index is 1.09. The summed E-state index contributed by atoms with van der Waals surface area (Å²) < 4.78 is 15.4. The van der Waals surface area contributed by atoms with E-state index in [-0.39, 0.29) is 0 Å². The number of furan rings is 2.